The zero-order chi connectivity index (χ0) is 14.7. The van der Waals surface area contributed by atoms with E-state index in [9.17, 15) is 10.1 Å². The Morgan fingerprint density at radius 1 is 1.45 bits per heavy atom. The molecule has 1 aromatic carbocycles. The quantitative estimate of drug-likeness (QED) is 0.278. The average Bonchev–Trinajstić information content (AvgIpc) is 2.37. The fourth-order valence-electron chi connectivity index (χ4n) is 2.41. The van der Waals surface area contributed by atoms with Crippen LogP contribution in [0.15, 0.2) is 23.3 Å². The van der Waals surface area contributed by atoms with Crippen LogP contribution in [0.4, 0.5) is 17.1 Å². The molecular formula is C12H15N5O3. The van der Waals surface area contributed by atoms with Crippen LogP contribution in [0, 0.1) is 10.1 Å². The minimum Gasteiger partial charge on any atom is -0.372 e. The van der Waals surface area contributed by atoms with Gasteiger partial charge in [0.2, 0.25) is 0 Å². The van der Waals surface area contributed by atoms with Crippen LogP contribution in [0.25, 0.3) is 10.4 Å². The molecule has 8 heteroatoms. The molecule has 8 nitrogen and oxygen atoms in total. The second kappa shape index (κ2) is 5.77. The Morgan fingerprint density at radius 3 is 2.65 bits per heavy atom. The lowest BCUT2D eigenvalue weighted by Crippen LogP contribution is -2.45. The predicted octanol–water partition coefficient (Wildman–Crippen LogP) is 3.15. The van der Waals surface area contributed by atoms with E-state index in [-0.39, 0.29) is 23.6 Å². The molecule has 1 aliphatic rings. The van der Waals surface area contributed by atoms with Crippen molar-refractivity contribution in [2.24, 2.45) is 5.11 Å². The molecule has 0 aromatic heterocycles. The summed E-state index contributed by atoms with van der Waals surface area (Å²) in [7, 11) is 0. The fraction of sp³-hybridized carbons (Fsp3) is 0.500. The molecule has 0 N–H and O–H groups in total. The highest BCUT2D eigenvalue weighted by Gasteiger charge is 2.27. The van der Waals surface area contributed by atoms with Crippen molar-refractivity contribution in [3.63, 3.8) is 0 Å². The number of azide groups is 1. The topological polar surface area (TPSA) is 104 Å². The van der Waals surface area contributed by atoms with Crippen LogP contribution >= 0.6 is 0 Å². The third kappa shape index (κ3) is 2.98. The standard InChI is InChI=1S/C12H15N5O3/c1-8-6-16(7-9(2)20-8)11-4-3-10(14-15-13)5-12(11)17(18)19/h3-5,8-9H,6-7H2,1-2H3. The highest BCUT2D eigenvalue weighted by atomic mass is 16.6. The minimum atomic E-state index is -0.462. The van der Waals surface area contributed by atoms with Gasteiger partial charge in [-0.3, -0.25) is 10.1 Å². The summed E-state index contributed by atoms with van der Waals surface area (Å²) in [4.78, 5) is 15.3. The number of morpholine rings is 1. The first-order chi connectivity index (χ1) is 9.51. The summed E-state index contributed by atoms with van der Waals surface area (Å²) in [6, 6.07) is 4.49. The first kappa shape index (κ1) is 14.1. The highest BCUT2D eigenvalue weighted by molar-refractivity contribution is 5.68. The normalized spacial score (nSPS) is 22.2. The molecule has 0 aliphatic carbocycles. The summed E-state index contributed by atoms with van der Waals surface area (Å²) in [5, 5.41) is 14.6. The Kier molecular flexibility index (Phi) is 4.07. The van der Waals surface area contributed by atoms with Gasteiger partial charge in [-0.05, 0) is 25.4 Å². The lowest BCUT2D eigenvalue weighted by molar-refractivity contribution is -0.384. The molecule has 0 saturated carbocycles. The molecule has 0 spiro atoms. The van der Waals surface area contributed by atoms with Crippen LogP contribution < -0.4 is 4.90 Å². The Labute approximate surface area is 115 Å². The molecule has 20 heavy (non-hydrogen) atoms. The fourth-order valence-corrected chi connectivity index (χ4v) is 2.41. The summed E-state index contributed by atoms with van der Waals surface area (Å²) in [5.41, 5.74) is 9.09. The van der Waals surface area contributed by atoms with Crippen LogP contribution in [0.3, 0.4) is 0 Å². The largest absolute Gasteiger partial charge is 0.372 e. The number of nitro benzene ring substituents is 1. The summed E-state index contributed by atoms with van der Waals surface area (Å²) in [5.74, 6) is 0. The first-order valence-electron chi connectivity index (χ1n) is 6.25. The van der Waals surface area contributed by atoms with Gasteiger partial charge in [-0.1, -0.05) is 11.2 Å². The number of hydrogen-bond donors (Lipinski definition) is 0. The molecule has 1 heterocycles. The maximum Gasteiger partial charge on any atom is 0.292 e. The van der Waals surface area contributed by atoms with Gasteiger partial charge in [-0.15, -0.1) is 0 Å². The van der Waals surface area contributed by atoms with Gasteiger partial charge in [0.05, 0.1) is 17.1 Å². The molecule has 1 saturated heterocycles. The Hall–Kier alpha value is -2.31. The van der Waals surface area contributed by atoms with Crippen LogP contribution in [0.5, 0.6) is 0 Å². The summed E-state index contributed by atoms with van der Waals surface area (Å²) < 4.78 is 5.62. The van der Waals surface area contributed by atoms with Gasteiger partial charge in [0, 0.05) is 29.8 Å². The number of ether oxygens (including phenoxy) is 1. The maximum atomic E-state index is 11.2. The number of hydrogen-bond acceptors (Lipinski definition) is 5. The molecule has 0 amide bonds. The van der Waals surface area contributed by atoms with E-state index in [1.54, 1.807) is 12.1 Å². The predicted molar refractivity (Wildman–Crippen MR) is 74.1 cm³/mol. The van der Waals surface area contributed by atoms with Gasteiger partial charge in [-0.2, -0.15) is 0 Å². The maximum absolute atomic E-state index is 11.2. The number of rotatable bonds is 3. The zero-order valence-electron chi connectivity index (χ0n) is 11.3. The molecule has 106 valence electrons. The third-order valence-electron chi connectivity index (χ3n) is 3.08. The van der Waals surface area contributed by atoms with E-state index in [1.165, 1.54) is 6.07 Å². The molecule has 1 aliphatic heterocycles. The van der Waals surface area contributed by atoms with Gasteiger partial charge in [0.15, 0.2) is 0 Å². The van der Waals surface area contributed by atoms with Crippen molar-refractivity contribution in [3.05, 3.63) is 38.8 Å². The first-order valence-corrected chi connectivity index (χ1v) is 6.25. The SMILES string of the molecule is CC1CN(c2ccc(N=[N+]=[N-])cc2[N+](=O)[O-])CC(C)O1. The zero-order valence-corrected chi connectivity index (χ0v) is 11.3. The van der Waals surface area contributed by atoms with Gasteiger partial charge < -0.3 is 9.64 Å². The molecule has 2 unspecified atom stereocenters. The van der Waals surface area contributed by atoms with Crippen molar-refractivity contribution in [3.8, 4) is 0 Å². The van der Waals surface area contributed by atoms with E-state index in [2.05, 4.69) is 10.0 Å². The van der Waals surface area contributed by atoms with Crippen LogP contribution in [0.1, 0.15) is 13.8 Å². The van der Waals surface area contributed by atoms with Crippen LogP contribution in [-0.4, -0.2) is 30.2 Å². The lowest BCUT2D eigenvalue weighted by Gasteiger charge is -2.36. The van der Waals surface area contributed by atoms with E-state index >= 15 is 0 Å². The minimum absolute atomic E-state index is 0.00941. The van der Waals surface area contributed by atoms with E-state index in [0.717, 1.165) is 0 Å². The van der Waals surface area contributed by atoms with Crippen molar-refractivity contribution in [2.75, 3.05) is 18.0 Å². The third-order valence-corrected chi connectivity index (χ3v) is 3.08. The summed E-state index contributed by atoms with van der Waals surface area (Å²) in [6.45, 7) is 5.05. The van der Waals surface area contributed by atoms with E-state index < -0.39 is 4.92 Å². The number of nitro groups is 1. The molecular weight excluding hydrogens is 262 g/mol. The number of anilines is 1. The number of benzene rings is 1. The lowest BCUT2D eigenvalue weighted by atomic mass is 10.1. The van der Waals surface area contributed by atoms with Crippen molar-refractivity contribution < 1.29 is 9.66 Å². The van der Waals surface area contributed by atoms with Gasteiger partial charge >= 0.3 is 0 Å². The van der Waals surface area contributed by atoms with Gasteiger partial charge in [-0.25, -0.2) is 0 Å². The molecule has 2 rings (SSSR count). The van der Waals surface area contributed by atoms with Crippen LogP contribution in [0.2, 0.25) is 0 Å². The van der Waals surface area contributed by atoms with Crippen molar-refractivity contribution >= 4 is 17.1 Å². The summed E-state index contributed by atoms with van der Waals surface area (Å²) >= 11 is 0. The molecule has 0 radical (unpaired) electrons. The molecule has 0 bridgehead atoms. The van der Waals surface area contributed by atoms with Crippen molar-refractivity contribution in [2.45, 2.75) is 26.1 Å². The van der Waals surface area contributed by atoms with Crippen molar-refractivity contribution in [1.82, 2.24) is 0 Å². The number of nitrogens with zero attached hydrogens (tertiary/aromatic N) is 5. The Morgan fingerprint density at radius 2 is 2.10 bits per heavy atom. The molecule has 1 fully saturated rings. The van der Waals surface area contributed by atoms with Gasteiger partial charge in [0.1, 0.15) is 5.69 Å². The summed E-state index contributed by atoms with van der Waals surface area (Å²) in [6.07, 6.45) is 0.0188. The Bertz CT molecular complexity index is 560. The second-order valence-corrected chi connectivity index (χ2v) is 4.78. The van der Waals surface area contributed by atoms with Gasteiger partial charge in [0.25, 0.3) is 5.69 Å². The van der Waals surface area contributed by atoms with Crippen LogP contribution in [-0.2, 0) is 4.74 Å². The van der Waals surface area contributed by atoms with Crippen molar-refractivity contribution in [1.29, 1.82) is 0 Å². The monoisotopic (exact) mass is 277 g/mol. The average molecular weight is 277 g/mol. The smallest absolute Gasteiger partial charge is 0.292 e. The molecule has 1 aromatic rings. The van der Waals surface area contributed by atoms with E-state index in [0.29, 0.717) is 18.8 Å². The van der Waals surface area contributed by atoms with E-state index in [4.69, 9.17) is 10.3 Å². The highest BCUT2D eigenvalue weighted by Crippen LogP contribution is 2.33. The Balaban J connectivity index is 2.39. The molecule has 2 atom stereocenters. The van der Waals surface area contributed by atoms with E-state index in [1.807, 2.05) is 18.7 Å². The second-order valence-electron chi connectivity index (χ2n) is 4.78.